The number of hydrogen-bond acceptors (Lipinski definition) is 2. The standard InChI is InChI=1S/C2H3Cl2NS/c1-5-2(3)6-4/h1H3. The Morgan fingerprint density at radius 3 is 2.33 bits per heavy atom. The molecule has 0 aromatic carbocycles. The molecule has 0 spiro atoms. The van der Waals surface area contributed by atoms with E-state index in [0.29, 0.717) is 4.50 Å². The van der Waals surface area contributed by atoms with Gasteiger partial charge in [-0.25, -0.2) is 0 Å². The lowest BCUT2D eigenvalue weighted by molar-refractivity contribution is 1.48. The third-order valence-electron chi connectivity index (χ3n) is 0.239. The lowest BCUT2D eigenvalue weighted by Crippen LogP contribution is -1.66. The molecule has 0 aliphatic rings. The fourth-order valence-corrected chi connectivity index (χ4v) is 0.311. The Morgan fingerprint density at radius 2 is 2.33 bits per heavy atom. The average molecular weight is 144 g/mol. The summed E-state index contributed by atoms with van der Waals surface area (Å²) in [6.07, 6.45) is 0. The van der Waals surface area contributed by atoms with Crippen molar-refractivity contribution in [3.8, 4) is 0 Å². The van der Waals surface area contributed by atoms with Gasteiger partial charge in [0.25, 0.3) is 0 Å². The fourth-order valence-electron chi connectivity index (χ4n) is 0.0345. The molecule has 6 heavy (non-hydrogen) atoms. The molecule has 0 aliphatic heterocycles. The SMILES string of the molecule is CN=C(Cl)SCl. The number of nitrogens with zero attached hydrogens (tertiary/aromatic N) is 1. The van der Waals surface area contributed by atoms with Crippen molar-refractivity contribution < 1.29 is 0 Å². The largest absolute Gasteiger partial charge is 0.270 e. The van der Waals surface area contributed by atoms with Crippen LogP contribution in [0.2, 0.25) is 0 Å². The van der Waals surface area contributed by atoms with Crippen LogP contribution >= 0.6 is 33.3 Å². The lowest BCUT2D eigenvalue weighted by Gasteiger charge is -1.77. The molecule has 0 bridgehead atoms. The summed E-state index contributed by atoms with van der Waals surface area (Å²) in [5.41, 5.74) is 0. The molecule has 0 saturated heterocycles. The van der Waals surface area contributed by atoms with Gasteiger partial charge in [-0.15, -0.1) is 0 Å². The normalized spacial score (nSPS) is 12.2. The van der Waals surface area contributed by atoms with Crippen LogP contribution in [0.1, 0.15) is 0 Å². The first-order valence-corrected chi connectivity index (χ1v) is 3.24. The van der Waals surface area contributed by atoms with Crippen LogP contribution in [0.15, 0.2) is 4.99 Å². The van der Waals surface area contributed by atoms with Gasteiger partial charge in [0.1, 0.15) is 0 Å². The summed E-state index contributed by atoms with van der Waals surface area (Å²) in [6, 6.07) is 0. The second-order valence-corrected chi connectivity index (χ2v) is 2.14. The van der Waals surface area contributed by atoms with Crippen molar-refractivity contribution in [2.24, 2.45) is 4.99 Å². The zero-order valence-corrected chi connectivity index (χ0v) is 5.44. The fraction of sp³-hybridized carbons (Fsp3) is 0.500. The molecule has 1 nitrogen and oxygen atoms in total. The van der Waals surface area contributed by atoms with Crippen molar-refractivity contribution in [2.75, 3.05) is 7.05 Å². The summed E-state index contributed by atoms with van der Waals surface area (Å²) in [6.45, 7) is 0. The average Bonchev–Trinajstić information content (AvgIpc) is 1.65. The van der Waals surface area contributed by atoms with Crippen LogP contribution < -0.4 is 0 Å². The van der Waals surface area contributed by atoms with Gasteiger partial charge in [0.2, 0.25) is 0 Å². The minimum Gasteiger partial charge on any atom is -0.270 e. The van der Waals surface area contributed by atoms with E-state index in [-0.39, 0.29) is 0 Å². The molecule has 0 atom stereocenters. The van der Waals surface area contributed by atoms with Crippen molar-refractivity contribution in [1.29, 1.82) is 0 Å². The zero-order valence-electron chi connectivity index (χ0n) is 3.11. The van der Waals surface area contributed by atoms with E-state index in [0.717, 1.165) is 11.0 Å². The van der Waals surface area contributed by atoms with Gasteiger partial charge in [-0.2, -0.15) is 0 Å². The summed E-state index contributed by atoms with van der Waals surface area (Å²) in [7, 11) is 7.60. The van der Waals surface area contributed by atoms with Gasteiger partial charge < -0.3 is 0 Å². The maximum Gasteiger partial charge on any atom is 0.173 e. The highest BCUT2D eigenvalue weighted by Crippen LogP contribution is 2.11. The molecular weight excluding hydrogens is 141 g/mol. The summed E-state index contributed by atoms with van der Waals surface area (Å²) in [5, 5.41) is 0. The molecule has 0 aromatic heterocycles. The van der Waals surface area contributed by atoms with E-state index in [1.807, 2.05) is 0 Å². The van der Waals surface area contributed by atoms with Crippen molar-refractivity contribution in [2.45, 2.75) is 0 Å². The van der Waals surface area contributed by atoms with Crippen molar-refractivity contribution in [3.05, 3.63) is 0 Å². The number of halogens is 2. The molecule has 36 valence electrons. The monoisotopic (exact) mass is 143 g/mol. The van der Waals surface area contributed by atoms with Gasteiger partial charge in [0.05, 0.1) is 0 Å². The Labute approximate surface area is 50.2 Å². The van der Waals surface area contributed by atoms with Gasteiger partial charge in [0.15, 0.2) is 4.50 Å². The Kier molecular flexibility index (Phi) is 4.16. The third-order valence-corrected chi connectivity index (χ3v) is 1.63. The third kappa shape index (κ3) is 2.82. The van der Waals surface area contributed by atoms with Crippen molar-refractivity contribution >= 4 is 37.8 Å². The van der Waals surface area contributed by atoms with E-state index < -0.39 is 0 Å². The Balaban J connectivity index is 3.22. The molecule has 0 amide bonds. The van der Waals surface area contributed by atoms with Gasteiger partial charge in [-0.3, -0.25) is 4.99 Å². The highest BCUT2D eigenvalue weighted by Gasteiger charge is 1.82. The number of aliphatic imine (C=N–C) groups is 1. The second kappa shape index (κ2) is 3.78. The van der Waals surface area contributed by atoms with E-state index in [1.54, 1.807) is 7.05 Å². The first-order chi connectivity index (χ1) is 2.81. The summed E-state index contributed by atoms with van der Waals surface area (Å²) >= 11 is 5.23. The van der Waals surface area contributed by atoms with Crippen LogP contribution in [0.25, 0.3) is 0 Å². The Hall–Kier alpha value is 0.600. The molecule has 0 heterocycles. The molecule has 0 aliphatic carbocycles. The minimum absolute atomic E-state index is 0.372. The van der Waals surface area contributed by atoms with Crippen LogP contribution in [0.3, 0.4) is 0 Å². The quantitative estimate of drug-likeness (QED) is 0.374. The van der Waals surface area contributed by atoms with Gasteiger partial charge in [-0.05, 0) is 10.7 Å². The molecule has 0 aromatic rings. The summed E-state index contributed by atoms with van der Waals surface area (Å²) < 4.78 is 0.372. The van der Waals surface area contributed by atoms with Gasteiger partial charge in [0, 0.05) is 18.0 Å². The van der Waals surface area contributed by atoms with Crippen LogP contribution in [0.4, 0.5) is 0 Å². The van der Waals surface area contributed by atoms with Gasteiger partial charge >= 0.3 is 0 Å². The van der Waals surface area contributed by atoms with Crippen LogP contribution in [-0.2, 0) is 0 Å². The van der Waals surface area contributed by atoms with Crippen LogP contribution in [0.5, 0.6) is 0 Å². The maximum atomic E-state index is 5.23. The minimum atomic E-state index is 0.372. The molecular formula is C2H3Cl2NS. The topological polar surface area (TPSA) is 12.4 Å². The summed E-state index contributed by atoms with van der Waals surface area (Å²) in [5.74, 6) is 0. The lowest BCUT2D eigenvalue weighted by atomic mass is 11.4. The first-order valence-electron chi connectivity index (χ1n) is 1.22. The van der Waals surface area contributed by atoms with E-state index in [4.69, 9.17) is 22.3 Å². The van der Waals surface area contributed by atoms with Gasteiger partial charge in [-0.1, -0.05) is 11.6 Å². The van der Waals surface area contributed by atoms with E-state index >= 15 is 0 Å². The van der Waals surface area contributed by atoms with E-state index in [9.17, 15) is 0 Å². The Bertz CT molecular complexity index is 62.6. The van der Waals surface area contributed by atoms with E-state index in [2.05, 4.69) is 4.99 Å². The number of hydrogen-bond donors (Lipinski definition) is 0. The number of rotatable bonds is 0. The molecule has 0 N–H and O–H groups in total. The molecule has 4 heteroatoms. The molecule has 0 fully saturated rings. The maximum absolute atomic E-state index is 5.23. The van der Waals surface area contributed by atoms with Crippen molar-refractivity contribution in [3.63, 3.8) is 0 Å². The highest BCUT2D eigenvalue weighted by atomic mass is 35.7. The summed E-state index contributed by atoms with van der Waals surface area (Å²) in [4.78, 5) is 3.52. The first kappa shape index (κ1) is 6.60. The predicted octanol–water partition coefficient (Wildman–Crippen LogP) is 2.10. The molecule has 0 unspecified atom stereocenters. The Morgan fingerprint density at radius 1 is 1.83 bits per heavy atom. The van der Waals surface area contributed by atoms with Crippen LogP contribution in [-0.4, -0.2) is 11.6 Å². The highest BCUT2D eigenvalue weighted by molar-refractivity contribution is 8.34. The molecule has 0 rings (SSSR count). The second-order valence-electron chi connectivity index (χ2n) is 0.554. The smallest absolute Gasteiger partial charge is 0.173 e. The van der Waals surface area contributed by atoms with E-state index in [1.165, 1.54) is 0 Å². The zero-order chi connectivity index (χ0) is 4.99. The molecule has 0 saturated carbocycles. The van der Waals surface area contributed by atoms with Crippen molar-refractivity contribution in [1.82, 2.24) is 0 Å². The van der Waals surface area contributed by atoms with Crippen LogP contribution in [0, 0.1) is 0 Å². The predicted molar refractivity (Wildman–Crippen MR) is 32.7 cm³/mol. The molecule has 0 radical (unpaired) electrons.